The van der Waals surface area contributed by atoms with Crippen LogP contribution in [0.5, 0.6) is 11.5 Å². The normalized spacial score (nSPS) is 10.9. The molecule has 29 heavy (non-hydrogen) atoms. The van der Waals surface area contributed by atoms with Crippen molar-refractivity contribution < 1.29 is 19.1 Å². The fourth-order valence-electron chi connectivity index (χ4n) is 2.44. The predicted octanol–water partition coefficient (Wildman–Crippen LogP) is 3.91. The van der Waals surface area contributed by atoms with E-state index in [1.54, 1.807) is 6.07 Å². The Bertz CT molecular complexity index is 862. The number of benzene rings is 2. The molecule has 2 amide bonds. The van der Waals surface area contributed by atoms with Gasteiger partial charge in [-0.15, -0.1) is 0 Å². The van der Waals surface area contributed by atoms with E-state index in [1.807, 2.05) is 43.3 Å². The minimum absolute atomic E-state index is 0.0165. The van der Waals surface area contributed by atoms with Gasteiger partial charge in [-0.25, -0.2) is 0 Å². The lowest BCUT2D eigenvalue weighted by molar-refractivity contribution is -0.131. The minimum atomic E-state index is -0.474. The lowest BCUT2D eigenvalue weighted by Gasteiger charge is -2.20. The number of hydrogen-bond donors (Lipinski definition) is 2. The topological polar surface area (TPSA) is 76.7 Å². The van der Waals surface area contributed by atoms with E-state index < -0.39 is 11.8 Å². The average Bonchev–Trinajstić information content (AvgIpc) is 2.69. The maximum atomic E-state index is 11.9. The molecule has 6 nitrogen and oxygen atoms in total. The minimum Gasteiger partial charge on any atom is -0.484 e. The summed E-state index contributed by atoms with van der Waals surface area (Å²) in [6.07, 6.45) is 0.883. The zero-order valence-electron chi connectivity index (χ0n) is 17.2. The molecule has 0 atom stereocenters. The molecule has 0 heterocycles. The van der Waals surface area contributed by atoms with E-state index in [9.17, 15) is 9.59 Å². The molecule has 2 rings (SSSR count). The molecular formula is C22H27BrN2O4. The summed E-state index contributed by atoms with van der Waals surface area (Å²) in [5.41, 5.74) is 6.90. The SMILES string of the molecule is CCc1cccc(OCC(=O)NNC(=O)COc2ccc(C(C)(C)C)cc2Br)c1. The van der Waals surface area contributed by atoms with Crippen LogP contribution in [0.15, 0.2) is 46.9 Å². The summed E-state index contributed by atoms with van der Waals surface area (Å²) in [7, 11) is 0. The highest BCUT2D eigenvalue weighted by molar-refractivity contribution is 9.10. The van der Waals surface area contributed by atoms with Crippen molar-refractivity contribution in [2.45, 2.75) is 39.5 Å². The van der Waals surface area contributed by atoms with E-state index in [0.717, 1.165) is 22.0 Å². The van der Waals surface area contributed by atoms with Crippen LogP contribution in [-0.2, 0) is 21.4 Å². The van der Waals surface area contributed by atoms with Crippen molar-refractivity contribution >= 4 is 27.7 Å². The number of halogens is 1. The van der Waals surface area contributed by atoms with Crippen LogP contribution in [0.2, 0.25) is 0 Å². The smallest absolute Gasteiger partial charge is 0.276 e. The molecule has 2 aromatic rings. The van der Waals surface area contributed by atoms with E-state index in [0.29, 0.717) is 11.5 Å². The van der Waals surface area contributed by atoms with Crippen molar-refractivity contribution in [1.82, 2.24) is 10.9 Å². The van der Waals surface area contributed by atoms with Crippen LogP contribution in [0.1, 0.15) is 38.8 Å². The number of hydrazine groups is 1. The third-order valence-corrected chi connectivity index (χ3v) is 4.79. The molecule has 0 spiro atoms. The van der Waals surface area contributed by atoms with Crippen molar-refractivity contribution in [3.63, 3.8) is 0 Å². The van der Waals surface area contributed by atoms with E-state index in [1.165, 1.54) is 0 Å². The Morgan fingerprint density at radius 2 is 1.62 bits per heavy atom. The summed E-state index contributed by atoms with van der Waals surface area (Å²) in [6, 6.07) is 13.3. The van der Waals surface area contributed by atoms with Crippen LogP contribution in [0.3, 0.4) is 0 Å². The van der Waals surface area contributed by atoms with Gasteiger partial charge in [-0.2, -0.15) is 0 Å². The van der Waals surface area contributed by atoms with Crippen LogP contribution >= 0.6 is 15.9 Å². The van der Waals surface area contributed by atoms with Crippen LogP contribution < -0.4 is 20.3 Å². The number of hydrogen-bond acceptors (Lipinski definition) is 4. The number of carbonyl (C=O) groups is 2. The third kappa shape index (κ3) is 7.42. The summed E-state index contributed by atoms with van der Waals surface area (Å²) in [6.45, 7) is 7.98. The first-order valence-electron chi connectivity index (χ1n) is 9.41. The highest BCUT2D eigenvalue weighted by atomic mass is 79.9. The van der Waals surface area contributed by atoms with Gasteiger partial charge in [0, 0.05) is 0 Å². The fourth-order valence-corrected chi connectivity index (χ4v) is 2.94. The summed E-state index contributed by atoms with van der Waals surface area (Å²) in [5, 5.41) is 0. The van der Waals surface area contributed by atoms with Crippen LogP contribution in [0, 0.1) is 0 Å². The monoisotopic (exact) mass is 462 g/mol. The van der Waals surface area contributed by atoms with Gasteiger partial charge in [0.25, 0.3) is 11.8 Å². The summed E-state index contributed by atoms with van der Waals surface area (Å²) < 4.78 is 11.7. The van der Waals surface area contributed by atoms with Gasteiger partial charge >= 0.3 is 0 Å². The zero-order chi connectivity index (χ0) is 21.4. The molecule has 2 N–H and O–H groups in total. The fraction of sp³-hybridized carbons (Fsp3) is 0.364. The molecule has 156 valence electrons. The Morgan fingerprint density at radius 3 is 2.21 bits per heavy atom. The molecule has 0 saturated carbocycles. The molecular weight excluding hydrogens is 436 g/mol. The van der Waals surface area contributed by atoms with Gasteiger partial charge in [0.15, 0.2) is 13.2 Å². The number of carbonyl (C=O) groups excluding carboxylic acids is 2. The van der Waals surface area contributed by atoms with Crippen molar-refractivity contribution in [3.8, 4) is 11.5 Å². The second kappa shape index (κ2) is 10.3. The van der Waals surface area contributed by atoms with Crippen LogP contribution in [0.25, 0.3) is 0 Å². The van der Waals surface area contributed by atoms with Crippen molar-refractivity contribution in [3.05, 3.63) is 58.1 Å². The average molecular weight is 463 g/mol. The van der Waals surface area contributed by atoms with E-state index >= 15 is 0 Å². The molecule has 7 heteroatoms. The largest absolute Gasteiger partial charge is 0.484 e. The van der Waals surface area contributed by atoms with E-state index in [4.69, 9.17) is 9.47 Å². The van der Waals surface area contributed by atoms with Crippen molar-refractivity contribution in [1.29, 1.82) is 0 Å². The molecule has 0 aromatic heterocycles. The number of aryl methyl sites for hydroxylation is 1. The number of ether oxygens (including phenoxy) is 2. The summed E-state index contributed by atoms with van der Waals surface area (Å²) >= 11 is 3.46. The summed E-state index contributed by atoms with van der Waals surface area (Å²) in [4.78, 5) is 23.7. The van der Waals surface area contributed by atoms with Crippen LogP contribution in [0.4, 0.5) is 0 Å². The molecule has 0 saturated heterocycles. The van der Waals surface area contributed by atoms with E-state index in [-0.39, 0.29) is 18.6 Å². The Labute approximate surface area is 180 Å². The van der Waals surface area contributed by atoms with Gasteiger partial charge in [-0.05, 0) is 63.2 Å². The Kier molecular flexibility index (Phi) is 8.08. The molecule has 0 aliphatic rings. The summed E-state index contributed by atoms with van der Waals surface area (Å²) in [5.74, 6) is 0.227. The maximum Gasteiger partial charge on any atom is 0.276 e. The van der Waals surface area contributed by atoms with E-state index in [2.05, 4.69) is 47.6 Å². The Morgan fingerprint density at radius 1 is 0.966 bits per heavy atom. The second-order valence-corrected chi connectivity index (χ2v) is 8.42. The predicted molar refractivity (Wildman–Crippen MR) is 116 cm³/mol. The third-order valence-electron chi connectivity index (χ3n) is 4.17. The zero-order valence-corrected chi connectivity index (χ0v) is 18.8. The van der Waals surface area contributed by atoms with Gasteiger partial charge in [-0.3, -0.25) is 20.4 Å². The number of amides is 2. The standard InChI is InChI=1S/C22H27BrN2O4/c1-5-15-7-6-8-17(11-15)28-13-20(26)24-25-21(27)14-29-19-10-9-16(12-18(19)23)22(2,3)4/h6-12H,5,13-14H2,1-4H3,(H,24,26)(H,25,27). The number of nitrogens with one attached hydrogen (secondary N) is 2. The van der Waals surface area contributed by atoms with Gasteiger partial charge < -0.3 is 9.47 Å². The van der Waals surface area contributed by atoms with Gasteiger partial charge in [0.1, 0.15) is 11.5 Å². The first-order chi connectivity index (χ1) is 13.7. The molecule has 0 fully saturated rings. The molecule has 0 unspecified atom stereocenters. The molecule has 0 aliphatic heterocycles. The lowest BCUT2D eigenvalue weighted by atomic mass is 9.87. The quantitative estimate of drug-likeness (QED) is 0.611. The molecule has 0 aliphatic carbocycles. The first-order valence-corrected chi connectivity index (χ1v) is 10.2. The van der Waals surface area contributed by atoms with Gasteiger partial charge in [0.2, 0.25) is 0 Å². The molecule has 2 aromatic carbocycles. The highest BCUT2D eigenvalue weighted by Crippen LogP contribution is 2.31. The Balaban J connectivity index is 1.74. The van der Waals surface area contributed by atoms with Gasteiger partial charge in [0.05, 0.1) is 4.47 Å². The molecule has 0 bridgehead atoms. The van der Waals surface area contributed by atoms with Crippen molar-refractivity contribution in [2.75, 3.05) is 13.2 Å². The first kappa shape index (κ1) is 22.7. The maximum absolute atomic E-state index is 11.9. The Hall–Kier alpha value is -2.54. The van der Waals surface area contributed by atoms with Crippen molar-refractivity contribution in [2.24, 2.45) is 0 Å². The number of rotatable bonds is 7. The molecule has 0 radical (unpaired) electrons. The lowest BCUT2D eigenvalue weighted by Crippen LogP contribution is -2.45. The van der Waals surface area contributed by atoms with Crippen LogP contribution in [-0.4, -0.2) is 25.0 Å². The van der Waals surface area contributed by atoms with Gasteiger partial charge in [-0.1, -0.05) is 45.9 Å². The highest BCUT2D eigenvalue weighted by Gasteiger charge is 2.16. The second-order valence-electron chi connectivity index (χ2n) is 7.57.